The zero-order chi connectivity index (χ0) is 16.5. The molecule has 0 amide bonds. The Balaban J connectivity index is 1.69. The van der Waals surface area contributed by atoms with Crippen molar-refractivity contribution >= 4 is 21.5 Å². The number of fused-ring (bicyclic) bond motifs is 2. The standard InChI is InChI=1S/C22H18O2/c23-21(19-11-9-15-5-1-3-7-17(15)13-19)22(24)20-12-10-16-6-2-4-8-18(16)14-20/h1-14,21-24H. The summed E-state index contributed by atoms with van der Waals surface area (Å²) < 4.78 is 0. The van der Waals surface area contributed by atoms with E-state index in [4.69, 9.17) is 0 Å². The molecule has 0 saturated carbocycles. The van der Waals surface area contributed by atoms with E-state index in [1.54, 1.807) is 0 Å². The quantitative estimate of drug-likeness (QED) is 0.572. The second-order valence-electron chi connectivity index (χ2n) is 6.10. The first-order valence-electron chi connectivity index (χ1n) is 8.06. The van der Waals surface area contributed by atoms with Gasteiger partial charge in [0.05, 0.1) is 0 Å². The molecular formula is C22H18O2. The monoisotopic (exact) mass is 314 g/mol. The third kappa shape index (κ3) is 2.67. The molecule has 0 heterocycles. The van der Waals surface area contributed by atoms with E-state index in [1.165, 1.54) is 0 Å². The third-order valence-corrected chi connectivity index (χ3v) is 4.53. The Hall–Kier alpha value is -2.68. The van der Waals surface area contributed by atoms with Crippen molar-refractivity contribution in [3.05, 3.63) is 96.1 Å². The Morgan fingerprint density at radius 3 is 1.25 bits per heavy atom. The van der Waals surface area contributed by atoms with E-state index in [9.17, 15) is 10.2 Å². The number of hydrogen-bond acceptors (Lipinski definition) is 2. The minimum atomic E-state index is -0.962. The zero-order valence-electron chi connectivity index (χ0n) is 13.1. The molecular weight excluding hydrogens is 296 g/mol. The van der Waals surface area contributed by atoms with Gasteiger partial charge in [-0.1, -0.05) is 72.8 Å². The molecule has 0 aliphatic rings. The molecule has 4 aromatic rings. The fraction of sp³-hybridized carbons (Fsp3) is 0.0909. The van der Waals surface area contributed by atoms with E-state index in [0.717, 1.165) is 21.5 Å². The van der Waals surface area contributed by atoms with Crippen molar-refractivity contribution in [2.45, 2.75) is 12.2 Å². The minimum Gasteiger partial charge on any atom is -0.385 e. The van der Waals surface area contributed by atoms with Gasteiger partial charge in [-0.2, -0.15) is 0 Å². The minimum absolute atomic E-state index is 0.717. The molecule has 0 spiro atoms. The number of hydrogen-bond donors (Lipinski definition) is 2. The molecule has 118 valence electrons. The maximum Gasteiger partial charge on any atom is 0.109 e. The second kappa shape index (κ2) is 6.08. The van der Waals surface area contributed by atoms with Gasteiger partial charge in [-0.15, -0.1) is 0 Å². The summed E-state index contributed by atoms with van der Waals surface area (Å²) in [5.41, 5.74) is 1.43. The Morgan fingerprint density at radius 1 is 0.458 bits per heavy atom. The molecule has 4 rings (SSSR count). The average molecular weight is 314 g/mol. The summed E-state index contributed by atoms with van der Waals surface area (Å²) in [5, 5.41) is 25.6. The lowest BCUT2D eigenvalue weighted by Crippen LogP contribution is -2.10. The van der Waals surface area contributed by atoms with Gasteiger partial charge in [-0.3, -0.25) is 0 Å². The first kappa shape index (κ1) is 14.9. The lowest BCUT2D eigenvalue weighted by molar-refractivity contribution is 0.0174. The lowest BCUT2D eigenvalue weighted by Gasteiger charge is -2.19. The van der Waals surface area contributed by atoms with Crippen molar-refractivity contribution in [3.8, 4) is 0 Å². The fourth-order valence-corrected chi connectivity index (χ4v) is 3.15. The van der Waals surface area contributed by atoms with Crippen LogP contribution in [0.3, 0.4) is 0 Å². The van der Waals surface area contributed by atoms with Crippen molar-refractivity contribution in [3.63, 3.8) is 0 Å². The van der Waals surface area contributed by atoms with Crippen LogP contribution in [0.15, 0.2) is 84.9 Å². The van der Waals surface area contributed by atoms with E-state index in [0.29, 0.717) is 11.1 Å². The van der Waals surface area contributed by atoms with Crippen LogP contribution in [0.5, 0.6) is 0 Å². The fourth-order valence-electron chi connectivity index (χ4n) is 3.15. The third-order valence-electron chi connectivity index (χ3n) is 4.53. The van der Waals surface area contributed by atoms with Crippen LogP contribution in [-0.4, -0.2) is 10.2 Å². The van der Waals surface area contributed by atoms with Gasteiger partial charge in [-0.05, 0) is 44.8 Å². The summed E-state index contributed by atoms with van der Waals surface area (Å²) >= 11 is 0. The predicted octanol–water partition coefficient (Wildman–Crippen LogP) is 4.76. The molecule has 0 bridgehead atoms. The SMILES string of the molecule is OC(c1ccc2ccccc2c1)C(O)c1ccc2ccccc2c1. The number of benzene rings is 4. The Labute approximate surface area is 140 Å². The van der Waals surface area contributed by atoms with Crippen LogP contribution in [0.1, 0.15) is 23.3 Å². The van der Waals surface area contributed by atoms with Crippen LogP contribution in [-0.2, 0) is 0 Å². The average Bonchev–Trinajstić information content (AvgIpc) is 2.66. The van der Waals surface area contributed by atoms with Crippen molar-refractivity contribution in [1.82, 2.24) is 0 Å². The van der Waals surface area contributed by atoms with E-state index >= 15 is 0 Å². The highest BCUT2D eigenvalue weighted by Gasteiger charge is 2.20. The first-order valence-corrected chi connectivity index (χ1v) is 8.06. The van der Waals surface area contributed by atoms with Crippen molar-refractivity contribution in [2.24, 2.45) is 0 Å². The maximum absolute atomic E-state index is 10.6. The summed E-state index contributed by atoms with van der Waals surface area (Å²) in [6, 6.07) is 27.6. The van der Waals surface area contributed by atoms with Gasteiger partial charge in [-0.25, -0.2) is 0 Å². The number of rotatable bonds is 3. The summed E-state index contributed by atoms with van der Waals surface area (Å²) in [5.74, 6) is 0. The largest absolute Gasteiger partial charge is 0.385 e. The van der Waals surface area contributed by atoms with Gasteiger partial charge in [0.25, 0.3) is 0 Å². The Morgan fingerprint density at radius 2 is 0.833 bits per heavy atom. The highest BCUT2D eigenvalue weighted by molar-refractivity contribution is 5.84. The van der Waals surface area contributed by atoms with Crippen molar-refractivity contribution in [2.75, 3.05) is 0 Å². The molecule has 2 N–H and O–H groups in total. The smallest absolute Gasteiger partial charge is 0.109 e. The lowest BCUT2D eigenvalue weighted by atomic mass is 9.95. The molecule has 0 aliphatic heterocycles. The Kier molecular flexibility index (Phi) is 3.77. The van der Waals surface area contributed by atoms with E-state index in [2.05, 4.69) is 0 Å². The summed E-state index contributed by atoms with van der Waals surface area (Å²) in [7, 11) is 0. The topological polar surface area (TPSA) is 40.5 Å². The van der Waals surface area contributed by atoms with Gasteiger partial charge in [0, 0.05) is 0 Å². The number of aliphatic hydroxyl groups excluding tert-OH is 2. The van der Waals surface area contributed by atoms with Gasteiger partial charge >= 0.3 is 0 Å². The number of aliphatic hydroxyl groups is 2. The van der Waals surface area contributed by atoms with Crippen LogP contribution in [0.4, 0.5) is 0 Å². The molecule has 2 atom stereocenters. The predicted molar refractivity (Wildman–Crippen MR) is 97.8 cm³/mol. The summed E-state index contributed by atoms with van der Waals surface area (Å²) in [6.45, 7) is 0. The molecule has 0 aliphatic carbocycles. The second-order valence-corrected chi connectivity index (χ2v) is 6.10. The first-order chi connectivity index (χ1) is 11.7. The summed E-state index contributed by atoms with van der Waals surface area (Å²) in [4.78, 5) is 0. The normalized spacial score (nSPS) is 13.9. The molecule has 4 aromatic carbocycles. The molecule has 0 saturated heterocycles. The zero-order valence-corrected chi connectivity index (χ0v) is 13.1. The highest BCUT2D eigenvalue weighted by atomic mass is 16.3. The molecule has 0 radical (unpaired) electrons. The molecule has 2 unspecified atom stereocenters. The van der Waals surface area contributed by atoms with Gasteiger partial charge < -0.3 is 10.2 Å². The highest BCUT2D eigenvalue weighted by Crippen LogP contribution is 2.31. The van der Waals surface area contributed by atoms with E-state index in [1.807, 2.05) is 84.9 Å². The van der Waals surface area contributed by atoms with Crippen LogP contribution in [0, 0.1) is 0 Å². The molecule has 0 aromatic heterocycles. The van der Waals surface area contributed by atoms with E-state index in [-0.39, 0.29) is 0 Å². The van der Waals surface area contributed by atoms with Crippen LogP contribution in [0.2, 0.25) is 0 Å². The summed E-state index contributed by atoms with van der Waals surface area (Å²) in [6.07, 6.45) is -1.92. The van der Waals surface area contributed by atoms with Gasteiger partial charge in [0.2, 0.25) is 0 Å². The van der Waals surface area contributed by atoms with Crippen LogP contribution < -0.4 is 0 Å². The van der Waals surface area contributed by atoms with E-state index < -0.39 is 12.2 Å². The molecule has 2 nitrogen and oxygen atoms in total. The van der Waals surface area contributed by atoms with Crippen LogP contribution >= 0.6 is 0 Å². The molecule has 24 heavy (non-hydrogen) atoms. The molecule has 2 heteroatoms. The van der Waals surface area contributed by atoms with Gasteiger partial charge in [0.1, 0.15) is 12.2 Å². The van der Waals surface area contributed by atoms with Crippen LogP contribution in [0.25, 0.3) is 21.5 Å². The van der Waals surface area contributed by atoms with Crippen molar-refractivity contribution in [1.29, 1.82) is 0 Å². The Bertz CT molecular complexity index is 923. The van der Waals surface area contributed by atoms with Crippen molar-refractivity contribution < 1.29 is 10.2 Å². The molecule has 0 fully saturated rings. The maximum atomic E-state index is 10.6. The van der Waals surface area contributed by atoms with Gasteiger partial charge in [0.15, 0.2) is 0 Å².